The standard InChI is InChI=1S/C26H27IN4O7S/c1-5-36-25(34)22-14(2)29-26(39)30-23(22)17-8-6-7-9-19(17)37-13-21(33)31-28-12-16-10-18(27)24(38-15(3)32)20(11-16)35-4/h6-12,23H,5,13H2,1-4H3,(H,31,33)(H2,29,30,39)/t23-/m1/s1. The van der Waals surface area contributed by atoms with Gasteiger partial charge in [0.25, 0.3) is 5.91 Å². The quantitative estimate of drug-likeness (QED) is 0.0867. The third-order valence-corrected chi connectivity index (χ3v) is 6.27. The number of carbonyl (C=O) groups is 3. The van der Waals surface area contributed by atoms with E-state index in [0.717, 1.165) is 0 Å². The number of allylic oxidation sites excluding steroid dienone is 1. The number of methoxy groups -OCH3 is 1. The summed E-state index contributed by atoms with van der Waals surface area (Å²) in [6.45, 7) is 4.64. The second kappa shape index (κ2) is 13.9. The van der Waals surface area contributed by atoms with Crippen molar-refractivity contribution in [3.05, 3.63) is 62.4 Å². The molecule has 1 aliphatic rings. The Kier molecular flexibility index (Phi) is 10.6. The highest BCUT2D eigenvalue weighted by atomic mass is 127. The molecule has 1 heterocycles. The first kappa shape index (κ1) is 29.8. The summed E-state index contributed by atoms with van der Waals surface area (Å²) in [5.41, 5.74) is 4.55. The van der Waals surface area contributed by atoms with Crippen molar-refractivity contribution in [3.8, 4) is 17.2 Å². The Morgan fingerprint density at radius 3 is 2.64 bits per heavy atom. The second-order valence-electron chi connectivity index (χ2n) is 8.04. The molecule has 39 heavy (non-hydrogen) atoms. The molecule has 0 fully saturated rings. The number of rotatable bonds is 10. The molecule has 0 bridgehead atoms. The van der Waals surface area contributed by atoms with Crippen LogP contribution in [0.1, 0.15) is 37.9 Å². The normalized spacial score (nSPS) is 14.8. The Hall–Kier alpha value is -3.72. The number of hydrazone groups is 1. The van der Waals surface area contributed by atoms with Crippen LogP contribution in [0.5, 0.6) is 17.2 Å². The molecule has 0 spiro atoms. The number of nitrogens with zero attached hydrogens (tertiary/aromatic N) is 1. The zero-order chi connectivity index (χ0) is 28.5. The van der Waals surface area contributed by atoms with Gasteiger partial charge < -0.3 is 29.6 Å². The number of hydrogen-bond acceptors (Lipinski definition) is 9. The maximum absolute atomic E-state index is 12.7. The fourth-order valence-corrected chi connectivity index (χ4v) is 4.67. The van der Waals surface area contributed by atoms with Crippen molar-refractivity contribution in [2.45, 2.75) is 26.8 Å². The average molecular weight is 666 g/mol. The minimum atomic E-state index is -0.637. The van der Waals surface area contributed by atoms with E-state index in [2.05, 4.69) is 21.2 Å². The Morgan fingerprint density at radius 1 is 1.21 bits per heavy atom. The average Bonchev–Trinajstić information content (AvgIpc) is 2.88. The van der Waals surface area contributed by atoms with Gasteiger partial charge in [0.1, 0.15) is 5.75 Å². The lowest BCUT2D eigenvalue weighted by molar-refractivity contribution is -0.139. The van der Waals surface area contributed by atoms with Crippen molar-refractivity contribution < 1.29 is 33.3 Å². The van der Waals surface area contributed by atoms with E-state index in [1.165, 1.54) is 20.2 Å². The van der Waals surface area contributed by atoms with Crippen molar-refractivity contribution >= 4 is 64.0 Å². The molecule has 1 aliphatic heterocycles. The predicted octanol–water partition coefficient (Wildman–Crippen LogP) is 3.11. The number of thiocarbonyl (C=S) groups is 1. The van der Waals surface area contributed by atoms with Crippen LogP contribution in [0, 0.1) is 3.57 Å². The fourth-order valence-electron chi connectivity index (χ4n) is 3.67. The smallest absolute Gasteiger partial charge is 0.338 e. The number of amides is 1. The van der Waals surface area contributed by atoms with E-state index in [1.54, 1.807) is 50.2 Å². The largest absolute Gasteiger partial charge is 0.493 e. The number of benzene rings is 2. The van der Waals surface area contributed by atoms with Crippen LogP contribution < -0.4 is 30.3 Å². The number of hydrogen-bond donors (Lipinski definition) is 3. The molecule has 0 saturated carbocycles. The van der Waals surface area contributed by atoms with Gasteiger partial charge >= 0.3 is 11.9 Å². The lowest BCUT2D eigenvalue weighted by Gasteiger charge is -2.30. The van der Waals surface area contributed by atoms with E-state index in [9.17, 15) is 14.4 Å². The Morgan fingerprint density at radius 2 is 1.95 bits per heavy atom. The van der Waals surface area contributed by atoms with Crippen molar-refractivity contribution in [3.63, 3.8) is 0 Å². The predicted molar refractivity (Wildman–Crippen MR) is 156 cm³/mol. The van der Waals surface area contributed by atoms with Gasteiger partial charge in [-0.1, -0.05) is 18.2 Å². The van der Waals surface area contributed by atoms with Gasteiger partial charge in [0.05, 0.1) is 35.1 Å². The third-order valence-electron chi connectivity index (χ3n) is 5.25. The highest BCUT2D eigenvalue weighted by Crippen LogP contribution is 2.34. The third kappa shape index (κ3) is 7.89. The van der Waals surface area contributed by atoms with Crippen molar-refractivity contribution in [1.82, 2.24) is 16.1 Å². The zero-order valence-corrected chi connectivity index (χ0v) is 24.6. The Balaban J connectivity index is 1.70. The number of carbonyl (C=O) groups excluding carboxylic acids is 3. The fraction of sp³-hybridized carbons (Fsp3) is 0.269. The van der Waals surface area contributed by atoms with Gasteiger partial charge in [-0.15, -0.1) is 0 Å². The van der Waals surface area contributed by atoms with Crippen LogP contribution in [0.3, 0.4) is 0 Å². The van der Waals surface area contributed by atoms with Crippen molar-refractivity contribution in [2.75, 3.05) is 20.3 Å². The molecular weight excluding hydrogens is 639 g/mol. The van der Waals surface area contributed by atoms with E-state index in [4.69, 9.17) is 31.2 Å². The van der Waals surface area contributed by atoms with E-state index in [-0.39, 0.29) is 13.2 Å². The summed E-state index contributed by atoms with van der Waals surface area (Å²) in [4.78, 5) is 36.5. The van der Waals surface area contributed by atoms with E-state index < -0.39 is 23.9 Å². The minimum Gasteiger partial charge on any atom is -0.493 e. The number of ether oxygens (including phenoxy) is 4. The molecule has 1 atom stereocenters. The molecule has 0 saturated heterocycles. The van der Waals surface area contributed by atoms with Crippen molar-refractivity contribution in [2.24, 2.45) is 5.10 Å². The van der Waals surface area contributed by atoms with Crippen molar-refractivity contribution in [1.29, 1.82) is 0 Å². The monoisotopic (exact) mass is 666 g/mol. The maximum atomic E-state index is 12.7. The number of esters is 2. The highest BCUT2D eigenvalue weighted by Gasteiger charge is 2.32. The summed E-state index contributed by atoms with van der Waals surface area (Å²) in [6.07, 6.45) is 1.42. The van der Waals surface area contributed by atoms with Crippen LogP contribution in [0.15, 0.2) is 52.8 Å². The van der Waals surface area contributed by atoms with Crippen LogP contribution in [-0.4, -0.2) is 49.5 Å². The summed E-state index contributed by atoms with van der Waals surface area (Å²) < 4.78 is 22.1. The van der Waals surface area contributed by atoms with Gasteiger partial charge in [-0.25, -0.2) is 10.2 Å². The van der Waals surface area contributed by atoms with Gasteiger partial charge in [0, 0.05) is 18.2 Å². The van der Waals surface area contributed by atoms with Crippen LogP contribution in [-0.2, 0) is 19.1 Å². The Labute approximate surface area is 244 Å². The molecule has 0 radical (unpaired) electrons. The summed E-state index contributed by atoms with van der Waals surface area (Å²) in [5.74, 6) is -0.430. The van der Waals surface area contributed by atoms with Gasteiger partial charge in [-0.3, -0.25) is 9.59 Å². The second-order valence-corrected chi connectivity index (χ2v) is 9.61. The topological polar surface area (TPSA) is 137 Å². The molecule has 206 valence electrons. The van der Waals surface area contributed by atoms with Crippen LogP contribution >= 0.6 is 34.8 Å². The molecule has 0 unspecified atom stereocenters. The van der Waals surface area contributed by atoms with Gasteiger partial charge in [0.15, 0.2) is 23.2 Å². The van der Waals surface area contributed by atoms with Crippen LogP contribution in [0.4, 0.5) is 0 Å². The van der Waals surface area contributed by atoms with Crippen LogP contribution in [0.2, 0.25) is 0 Å². The minimum absolute atomic E-state index is 0.216. The molecule has 11 nitrogen and oxygen atoms in total. The first-order chi connectivity index (χ1) is 18.6. The molecule has 0 aliphatic carbocycles. The number of nitrogens with one attached hydrogen (secondary N) is 3. The molecule has 3 rings (SSSR count). The van der Waals surface area contributed by atoms with E-state index in [0.29, 0.717) is 48.3 Å². The summed E-state index contributed by atoms with van der Waals surface area (Å²) in [6, 6.07) is 9.71. The SMILES string of the molecule is CCOC(=O)C1=C(C)NC(=S)N[C@@H]1c1ccccc1OCC(=O)NN=Cc1cc(I)c(OC(C)=O)c(OC)c1. The lowest BCUT2D eigenvalue weighted by atomic mass is 9.95. The summed E-state index contributed by atoms with van der Waals surface area (Å²) in [7, 11) is 1.45. The summed E-state index contributed by atoms with van der Waals surface area (Å²) in [5, 5.41) is 10.3. The molecule has 2 aromatic rings. The molecule has 2 aromatic carbocycles. The van der Waals surface area contributed by atoms with Gasteiger partial charge in [-0.05, 0) is 72.4 Å². The molecule has 3 N–H and O–H groups in total. The van der Waals surface area contributed by atoms with E-state index in [1.807, 2.05) is 22.6 Å². The van der Waals surface area contributed by atoms with E-state index >= 15 is 0 Å². The van der Waals surface area contributed by atoms with Crippen LogP contribution in [0.25, 0.3) is 0 Å². The molecule has 0 aromatic heterocycles. The highest BCUT2D eigenvalue weighted by molar-refractivity contribution is 14.1. The molecule has 13 heteroatoms. The lowest BCUT2D eigenvalue weighted by Crippen LogP contribution is -2.45. The zero-order valence-electron chi connectivity index (χ0n) is 21.6. The number of para-hydroxylation sites is 1. The Bertz CT molecular complexity index is 1350. The summed E-state index contributed by atoms with van der Waals surface area (Å²) >= 11 is 7.30. The molecular formula is C26H27IN4O7S. The first-order valence-corrected chi connectivity index (χ1v) is 13.2. The van der Waals surface area contributed by atoms with Gasteiger partial charge in [0.2, 0.25) is 0 Å². The molecule has 1 amide bonds. The van der Waals surface area contributed by atoms with Gasteiger partial charge in [-0.2, -0.15) is 5.10 Å². The maximum Gasteiger partial charge on any atom is 0.338 e. The first-order valence-electron chi connectivity index (χ1n) is 11.7. The number of halogens is 1.